The van der Waals surface area contributed by atoms with Gasteiger partial charge in [-0.25, -0.2) is 4.79 Å². The Hall–Kier alpha value is -2.24. The average Bonchev–Trinajstić information content (AvgIpc) is 2.63. The van der Waals surface area contributed by atoms with E-state index in [1.165, 1.54) is 6.42 Å². The molecular weight excluding hydrogens is 368 g/mol. The van der Waals surface area contributed by atoms with Crippen molar-refractivity contribution in [2.75, 3.05) is 13.1 Å². The van der Waals surface area contributed by atoms with Gasteiger partial charge in [0, 0.05) is 19.1 Å². The van der Waals surface area contributed by atoms with E-state index in [1.54, 1.807) is 4.90 Å². The Labute approximate surface area is 173 Å². The molecule has 0 bridgehead atoms. The molecule has 2 fully saturated rings. The standard InChI is InChI=1S/C23H34N2O4/c1-16(17-9-8-14-25(15-17)22(27)29-23(2,3)4)24-21(26)19-12-5-6-13-20(19)28-18-10-7-11-18/h5-6,12-13,16-18H,7-11,14-15H2,1-4H3,(H,24,26)/t16-,17+/m1/s1. The summed E-state index contributed by atoms with van der Waals surface area (Å²) in [7, 11) is 0. The van der Waals surface area contributed by atoms with E-state index in [1.807, 2.05) is 52.0 Å². The van der Waals surface area contributed by atoms with Crippen molar-refractivity contribution in [2.45, 2.75) is 77.5 Å². The summed E-state index contributed by atoms with van der Waals surface area (Å²) in [4.78, 5) is 27.1. The number of amides is 2. The first kappa shape index (κ1) is 21.5. The number of likely N-dealkylation sites (tertiary alicyclic amines) is 1. The molecule has 3 rings (SSSR count). The molecule has 6 nitrogen and oxygen atoms in total. The van der Waals surface area contributed by atoms with Gasteiger partial charge in [0.15, 0.2) is 0 Å². The number of para-hydroxylation sites is 1. The second-order valence-corrected chi connectivity index (χ2v) is 9.26. The smallest absolute Gasteiger partial charge is 0.410 e. The van der Waals surface area contributed by atoms with Crippen molar-refractivity contribution in [2.24, 2.45) is 5.92 Å². The van der Waals surface area contributed by atoms with E-state index >= 15 is 0 Å². The van der Waals surface area contributed by atoms with Crippen LogP contribution in [0.15, 0.2) is 24.3 Å². The molecule has 1 aromatic rings. The Morgan fingerprint density at radius 2 is 1.86 bits per heavy atom. The van der Waals surface area contributed by atoms with Crippen LogP contribution in [0.3, 0.4) is 0 Å². The molecule has 1 heterocycles. The number of nitrogens with zero attached hydrogens (tertiary/aromatic N) is 1. The van der Waals surface area contributed by atoms with E-state index in [4.69, 9.17) is 9.47 Å². The molecule has 2 aliphatic rings. The molecule has 6 heteroatoms. The van der Waals surface area contributed by atoms with E-state index in [2.05, 4.69) is 5.32 Å². The maximum atomic E-state index is 12.9. The normalized spacial score (nSPS) is 21.1. The Morgan fingerprint density at radius 1 is 1.14 bits per heavy atom. The van der Waals surface area contributed by atoms with Gasteiger partial charge in [-0.3, -0.25) is 4.79 Å². The van der Waals surface area contributed by atoms with Gasteiger partial charge in [0.05, 0.1) is 11.7 Å². The summed E-state index contributed by atoms with van der Waals surface area (Å²) in [5.41, 5.74) is 0.0691. The van der Waals surface area contributed by atoms with Crippen LogP contribution in [0, 0.1) is 5.92 Å². The molecule has 1 aromatic carbocycles. The van der Waals surface area contributed by atoms with Gasteiger partial charge < -0.3 is 19.7 Å². The van der Waals surface area contributed by atoms with E-state index in [-0.39, 0.29) is 30.1 Å². The molecule has 1 saturated carbocycles. The summed E-state index contributed by atoms with van der Waals surface area (Å²) < 4.78 is 11.5. The fourth-order valence-corrected chi connectivity index (χ4v) is 3.74. The number of piperidine rings is 1. The molecule has 29 heavy (non-hydrogen) atoms. The minimum Gasteiger partial charge on any atom is -0.490 e. The van der Waals surface area contributed by atoms with E-state index in [0.717, 1.165) is 25.7 Å². The lowest BCUT2D eigenvalue weighted by Crippen LogP contribution is -2.49. The third kappa shape index (κ3) is 5.87. The maximum Gasteiger partial charge on any atom is 0.410 e. The monoisotopic (exact) mass is 402 g/mol. The van der Waals surface area contributed by atoms with Crippen LogP contribution < -0.4 is 10.1 Å². The van der Waals surface area contributed by atoms with E-state index < -0.39 is 5.60 Å². The van der Waals surface area contributed by atoms with Crippen molar-refractivity contribution in [1.82, 2.24) is 10.2 Å². The summed E-state index contributed by atoms with van der Waals surface area (Å²) in [5.74, 6) is 0.725. The van der Waals surface area contributed by atoms with Crippen molar-refractivity contribution < 1.29 is 19.1 Å². The Balaban J connectivity index is 1.59. The Kier molecular flexibility index (Phi) is 6.70. The van der Waals surface area contributed by atoms with Crippen LogP contribution in [0.5, 0.6) is 5.75 Å². The summed E-state index contributed by atoms with van der Waals surface area (Å²) in [6, 6.07) is 7.38. The first-order valence-corrected chi connectivity index (χ1v) is 10.8. The first-order chi connectivity index (χ1) is 13.7. The van der Waals surface area contributed by atoms with Gasteiger partial charge in [-0.15, -0.1) is 0 Å². The molecular formula is C23H34N2O4. The van der Waals surface area contributed by atoms with Gasteiger partial charge in [0.1, 0.15) is 11.4 Å². The number of benzene rings is 1. The van der Waals surface area contributed by atoms with Gasteiger partial charge in [-0.2, -0.15) is 0 Å². The number of nitrogens with one attached hydrogen (secondary N) is 1. The molecule has 0 aromatic heterocycles. The van der Waals surface area contributed by atoms with E-state index in [9.17, 15) is 9.59 Å². The predicted octanol–water partition coefficient (Wildman–Crippen LogP) is 4.38. The molecule has 2 atom stereocenters. The molecule has 1 aliphatic heterocycles. The minimum absolute atomic E-state index is 0.0514. The first-order valence-electron chi connectivity index (χ1n) is 10.8. The zero-order valence-corrected chi connectivity index (χ0v) is 18.1. The Bertz CT molecular complexity index is 724. The number of ether oxygens (including phenoxy) is 2. The summed E-state index contributed by atoms with van der Waals surface area (Å²) in [6.07, 6.45) is 5.12. The lowest BCUT2D eigenvalue weighted by molar-refractivity contribution is 0.0150. The lowest BCUT2D eigenvalue weighted by atomic mass is 9.91. The van der Waals surface area contributed by atoms with Crippen molar-refractivity contribution >= 4 is 12.0 Å². The largest absolute Gasteiger partial charge is 0.490 e. The summed E-state index contributed by atoms with van der Waals surface area (Å²) in [5, 5.41) is 3.13. The molecule has 1 N–H and O–H groups in total. The van der Waals surface area contributed by atoms with Gasteiger partial charge in [0.2, 0.25) is 0 Å². The van der Waals surface area contributed by atoms with Gasteiger partial charge in [-0.05, 0) is 77.8 Å². The van der Waals surface area contributed by atoms with Crippen LogP contribution in [-0.2, 0) is 4.74 Å². The highest BCUT2D eigenvalue weighted by molar-refractivity contribution is 5.97. The van der Waals surface area contributed by atoms with Crippen LogP contribution in [0.2, 0.25) is 0 Å². The van der Waals surface area contributed by atoms with Crippen molar-refractivity contribution in [3.63, 3.8) is 0 Å². The molecule has 2 amide bonds. The van der Waals surface area contributed by atoms with Crippen molar-refractivity contribution in [1.29, 1.82) is 0 Å². The second-order valence-electron chi connectivity index (χ2n) is 9.26. The summed E-state index contributed by atoms with van der Waals surface area (Å²) >= 11 is 0. The molecule has 160 valence electrons. The van der Waals surface area contributed by atoms with Crippen LogP contribution in [0.1, 0.15) is 70.2 Å². The third-order valence-corrected chi connectivity index (χ3v) is 5.65. The fraction of sp³-hybridized carbons (Fsp3) is 0.652. The number of carbonyl (C=O) groups excluding carboxylic acids is 2. The number of carbonyl (C=O) groups is 2. The average molecular weight is 403 g/mol. The van der Waals surface area contributed by atoms with Gasteiger partial charge >= 0.3 is 6.09 Å². The third-order valence-electron chi connectivity index (χ3n) is 5.65. The van der Waals surface area contributed by atoms with Gasteiger partial charge in [-0.1, -0.05) is 12.1 Å². The molecule has 0 unspecified atom stereocenters. The quantitative estimate of drug-likeness (QED) is 0.793. The van der Waals surface area contributed by atoms with Crippen LogP contribution in [0.4, 0.5) is 4.79 Å². The highest BCUT2D eigenvalue weighted by Gasteiger charge is 2.31. The number of hydrogen-bond acceptors (Lipinski definition) is 4. The zero-order valence-electron chi connectivity index (χ0n) is 18.1. The van der Waals surface area contributed by atoms with Crippen LogP contribution in [0.25, 0.3) is 0 Å². The van der Waals surface area contributed by atoms with E-state index in [0.29, 0.717) is 24.4 Å². The second kappa shape index (κ2) is 9.06. The maximum absolute atomic E-state index is 12.9. The fourth-order valence-electron chi connectivity index (χ4n) is 3.74. The van der Waals surface area contributed by atoms with Crippen LogP contribution in [-0.4, -0.2) is 47.7 Å². The topological polar surface area (TPSA) is 67.9 Å². The Morgan fingerprint density at radius 3 is 2.52 bits per heavy atom. The van der Waals surface area contributed by atoms with Crippen molar-refractivity contribution in [3.8, 4) is 5.75 Å². The number of rotatable bonds is 5. The molecule has 1 aliphatic carbocycles. The zero-order chi connectivity index (χ0) is 21.0. The van der Waals surface area contributed by atoms with Crippen LogP contribution >= 0.6 is 0 Å². The molecule has 0 radical (unpaired) electrons. The SMILES string of the molecule is C[C@@H](NC(=O)c1ccccc1OC1CCC1)[C@H]1CCCN(C(=O)OC(C)(C)C)C1. The lowest BCUT2D eigenvalue weighted by Gasteiger charge is -2.36. The summed E-state index contributed by atoms with van der Waals surface area (Å²) in [6.45, 7) is 8.92. The number of hydrogen-bond donors (Lipinski definition) is 1. The highest BCUT2D eigenvalue weighted by Crippen LogP contribution is 2.28. The molecule has 0 spiro atoms. The molecule has 1 saturated heterocycles. The predicted molar refractivity (Wildman–Crippen MR) is 112 cm³/mol. The highest BCUT2D eigenvalue weighted by atomic mass is 16.6. The van der Waals surface area contributed by atoms with Gasteiger partial charge in [0.25, 0.3) is 5.91 Å². The minimum atomic E-state index is -0.506. The van der Waals surface area contributed by atoms with Crippen molar-refractivity contribution in [3.05, 3.63) is 29.8 Å².